The van der Waals surface area contributed by atoms with E-state index in [1.807, 2.05) is 57.2 Å². The molecule has 1 aromatic carbocycles. The number of amides is 2. The molecular formula is C21H23N3O3S. The summed E-state index contributed by atoms with van der Waals surface area (Å²) >= 11 is 1.32. The molecule has 0 aliphatic rings. The lowest BCUT2D eigenvalue weighted by molar-refractivity contribution is -0.116. The van der Waals surface area contributed by atoms with E-state index in [4.69, 9.17) is 4.42 Å². The third-order valence-corrected chi connectivity index (χ3v) is 5.29. The molecule has 0 saturated heterocycles. The quantitative estimate of drug-likeness (QED) is 0.606. The Hall–Kier alpha value is -2.93. The minimum atomic E-state index is -0.162. The van der Waals surface area contributed by atoms with Gasteiger partial charge in [-0.2, -0.15) is 0 Å². The van der Waals surface area contributed by atoms with Crippen LogP contribution in [0.1, 0.15) is 46.5 Å². The first-order valence-corrected chi connectivity index (χ1v) is 9.99. The van der Waals surface area contributed by atoms with Gasteiger partial charge in [0.2, 0.25) is 5.91 Å². The van der Waals surface area contributed by atoms with E-state index < -0.39 is 0 Å². The van der Waals surface area contributed by atoms with E-state index in [0.29, 0.717) is 34.3 Å². The molecule has 7 heteroatoms. The van der Waals surface area contributed by atoms with E-state index in [1.54, 1.807) is 0 Å². The Morgan fingerprint density at radius 3 is 2.50 bits per heavy atom. The largest absolute Gasteiger partial charge is 0.459 e. The number of hydrogen-bond donors (Lipinski definition) is 2. The van der Waals surface area contributed by atoms with Gasteiger partial charge in [-0.15, -0.1) is 11.3 Å². The molecule has 2 aromatic heterocycles. The van der Waals surface area contributed by atoms with Crippen molar-refractivity contribution in [3.8, 4) is 10.8 Å². The predicted molar refractivity (Wildman–Crippen MR) is 110 cm³/mol. The number of aromatic nitrogens is 1. The molecule has 2 N–H and O–H groups in total. The van der Waals surface area contributed by atoms with E-state index in [-0.39, 0.29) is 11.8 Å². The molecule has 0 spiro atoms. The Kier molecular flexibility index (Phi) is 6.26. The van der Waals surface area contributed by atoms with Crippen LogP contribution in [-0.2, 0) is 11.3 Å². The summed E-state index contributed by atoms with van der Waals surface area (Å²) in [6.45, 7) is 6.06. The second-order valence-corrected chi connectivity index (χ2v) is 7.52. The Bertz CT molecular complexity index is 973. The minimum Gasteiger partial charge on any atom is -0.459 e. The van der Waals surface area contributed by atoms with Crippen LogP contribution in [-0.4, -0.2) is 16.8 Å². The summed E-state index contributed by atoms with van der Waals surface area (Å²) in [5.41, 5.74) is 2.39. The number of benzene rings is 1. The number of carbonyl (C=O) groups excluding carboxylic acids is 2. The van der Waals surface area contributed by atoms with Gasteiger partial charge in [-0.25, -0.2) is 4.98 Å². The zero-order valence-electron chi connectivity index (χ0n) is 16.2. The maximum Gasteiger partial charge on any atom is 0.263 e. The first kappa shape index (κ1) is 19.8. The van der Waals surface area contributed by atoms with Gasteiger partial charge >= 0.3 is 0 Å². The molecule has 0 aliphatic heterocycles. The van der Waals surface area contributed by atoms with Crippen LogP contribution in [0.15, 0.2) is 40.8 Å². The maximum absolute atomic E-state index is 12.5. The van der Waals surface area contributed by atoms with Crippen LogP contribution in [0.2, 0.25) is 0 Å². The highest BCUT2D eigenvalue weighted by Gasteiger charge is 2.17. The molecule has 6 nitrogen and oxygen atoms in total. The Morgan fingerprint density at radius 1 is 1.11 bits per heavy atom. The number of furan rings is 1. The van der Waals surface area contributed by atoms with Crippen molar-refractivity contribution in [3.63, 3.8) is 0 Å². The van der Waals surface area contributed by atoms with Crippen LogP contribution in [0.5, 0.6) is 0 Å². The molecule has 0 atom stereocenters. The van der Waals surface area contributed by atoms with E-state index in [0.717, 1.165) is 23.4 Å². The summed E-state index contributed by atoms with van der Waals surface area (Å²) in [6.07, 6.45) is 1.32. The smallest absolute Gasteiger partial charge is 0.263 e. The molecule has 0 saturated carbocycles. The van der Waals surface area contributed by atoms with Gasteiger partial charge in [-0.05, 0) is 50.1 Å². The van der Waals surface area contributed by atoms with Gasteiger partial charge in [0.15, 0.2) is 10.8 Å². The summed E-state index contributed by atoms with van der Waals surface area (Å²) in [5.74, 6) is 1.32. The van der Waals surface area contributed by atoms with E-state index in [9.17, 15) is 9.59 Å². The summed E-state index contributed by atoms with van der Waals surface area (Å²) < 4.78 is 5.59. The summed E-state index contributed by atoms with van der Waals surface area (Å²) in [7, 11) is 0. The van der Waals surface area contributed by atoms with Crippen molar-refractivity contribution in [3.05, 3.63) is 58.3 Å². The lowest BCUT2D eigenvalue weighted by Gasteiger charge is -2.07. The van der Waals surface area contributed by atoms with Crippen LogP contribution >= 0.6 is 11.3 Å². The molecule has 3 rings (SSSR count). The van der Waals surface area contributed by atoms with Crippen LogP contribution in [0.25, 0.3) is 10.8 Å². The summed E-state index contributed by atoms with van der Waals surface area (Å²) in [4.78, 5) is 29.2. The zero-order chi connectivity index (χ0) is 20.1. The Morgan fingerprint density at radius 2 is 1.86 bits per heavy atom. The van der Waals surface area contributed by atoms with Crippen molar-refractivity contribution in [1.82, 2.24) is 10.3 Å². The van der Waals surface area contributed by atoms with Crippen LogP contribution < -0.4 is 10.6 Å². The van der Waals surface area contributed by atoms with E-state index >= 15 is 0 Å². The fourth-order valence-corrected chi connectivity index (χ4v) is 3.63. The van der Waals surface area contributed by atoms with Crippen LogP contribution in [0.3, 0.4) is 0 Å². The molecule has 28 heavy (non-hydrogen) atoms. The molecular weight excluding hydrogens is 374 g/mol. The van der Waals surface area contributed by atoms with Gasteiger partial charge < -0.3 is 15.1 Å². The maximum atomic E-state index is 12.5. The normalized spacial score (nSPS) is 10.7. The van der Waals surface area contributed by atoms with Crippen molar-refractivity contribution < 1.29 is 14.0 Å². The average molecular weight is 398 g/mol. The van der Waals surface area contributed by atoms with Crippen LogP contribution in [0, 0.1) is 13.8 Å². The van der Waals surface area contributed by atoms with Gasteiger partial charge in [-0.1, -0.05) is 19.1 Å². The van der Waals surface area contributed by atoms with Crippen molar-refractivity contribution in [1.29, 1.82) is 0 Å². The number of rotatable bonds is 7. The number of nitrogens with zero attached hydrogens (tertiary/aromatic N) is 1. The first-order chi connectivity index (χ1) is 13.5. The molecule has 2 amide bonds. The SMILES string of the molecule is CCCC(=O)Nc1ccc(CNC(=O)c2sc(-c3ccc(C)o3)nc2C)cc1. The molecule has 0 radical (unpaired) electrons. The summed E-state index contributed by atoms with van der Waals surface area (Å²) in [5, 5.41) is 6.46. The number of anilines is 1. The number of thiazole rings is 1. The van der Waals surface area contributed by atoms with Gasteiger partial charge in [0, 0.05) is 18.7 Å². The van der Waals surface area contributed by atoms with E-state index in [1.165, 1.54) is 11.3 Å². The van der Waals surface area contributed by atoms with Crippen molar-refractivity contribution in [2.24, 2.45) is 0 Å². The highest BCUT2D eigenvalue weighted by molar-refractivity contribution is 7.17. The fraction of sp³-hybridized carbons (Fsp3) is 0.286. The lowest BCUT2D eigenvalue weighted by atomic mass is 10.2. The van der Waals surface area contributed by atoms with Gasteiger partial charge in [0.25, 0.3) is 5.91 Å². The number of hydrogen-bond acceptors (Lipinski definition) is 5. The molecule has 0 bridgehead atoms. The fourth-order valence-electron chi connectivity index (χ4n) is 2.68. The number of aryl methyl sites for hydroxylation is 2. The average Bonchev–Trinajstić information content (AvgIpc) is 3.27. The van der Waals surface area contributed by atoms with Crippen LogP contribution in [0.4, 0.5) is 5.69 Å². The number of nitrogens with one attached hydrogen (secondary N) is 2. The van der Waals surface area contributed by atoms with Crippen molar-refractivity contribution in [2.75, 3.05) is 5.32 Å². The predicted octanol–water partition coefficient (Wildman–Crippen LogP) is 4.69. The van der Waals surface area contributed by atoms with Crippen molar-refractivity contribution >= 4 is 28.8 Å². The third-order valence-electron chi connectivity index (χ3n) is 4.12. The molecule has 0 aliphatic carbocycles. The Balaban J connectivity index is 1.60. The highest BCUT2D eigenvalue weighted by Crippen LogP contribution is 2.29. The zero-order valence-corrected chi connectivity index (χ0v) is 17.0. The van der Waals surface area contributed by atoms with Gasteiger partial charge in [-0.3, -0.25) is 9.59 Å². The lowest BCUT2D eigenvalue weighted by Crippen LogP contribution is -2.22. The molecule has 2 heterocycles. The number of carbonyl (C=O) groups is 2. The topological polar surface area (TPSA) is 84.2 Å². The monoisotopic (exact) mass is 397 g/mol. The standard InChI is InChI=1S/C21H23N3O3S/c1-4-5-18(25)24-16-9-7-15(8-10-16)12-22-20(26)19-14(3)23-21(28-19)17-11-6-13(2)27-17/h6-11H,4-5,12H2,1-3H3,(H,22,26)(H,24,25). The first-order valence-electron chi connectivity index (χ1n) is 9.17. The molecule has 0 unspecified atom stereocenters. The highest BCUT2D eigenvalue weighted by atomic mass is 32.1. The van der Waals surface area contributed by atoms with Gasteiger partial charge in [0.05, 0.1) is 5.69 Å². The molecule has 3 aromatic rings. The Labute approximate surface area is 168 Å². The minimum absolute atomic E-state index is 0.00628. The molecule has 146 valence electrons. The van der Waals surface area contributed by atoms with Crippen molar-refractivity contribution in [2.45, 2.75) is 40.2 Å². The van der Waals surface area contributed by atoms with E-state index in [2.05, 4.69) is 15.6 Å². The second kappa shape index (κ2) is 8.84. The summed E-state index contributed by atoms with van der Waals surface area (Å²) in [6, 6.07) is 11.2. The molecule has 0 fully saturated rings. The van der Waals surface area contributed by atoms with Gasteiger partial charge in [0.1, 0.15) is 10.6 Å². The second-order valence-electron chi connectivity index (χ2n) is 6.52. The third kappa shape index (κ3) is 4.86.